The predicted octanol–water partition coefficient (Wildman–Crippen LogP) is 0.855. The van der Waals surface area contributed by atoms with Gasteiger partial charge in [0.15, 0.2) is 0 Å². The molecule has 13 N–H and O–H groups in total. The van der Waals surface area contributed by atoms with Crippen LogP contribution >= 0.6 is 0 Å². The molecular formula is C50H110N16. The van der Waals surface area contributed by atoms with Gasteiger partial charge in [0.25, 0.3) is 0 Å². The van der Waals surface area contributed by atoms with E-state index in [0.717, 1.165) is 181 Å². The van der Waals surface area contributed by atoms with Crippen LogP contribution in [-0.2, 0) is 0 Å². The molecule has 4 fully saturated rings. The maximum atomic E-state index is 6.56. The number of nitrogens with two attached hydrogens (primary N) is 3. The molecule has 0 bridgehead atoms. The highest BCUT2D eigenvalue weighted by Crippen LogP contribution is 2.24. The molecule has 0 aromatic carbocycles. The van der Waals surface area contributed by atoms with Crippen molar-refractivity contribution in [2.75, 3.05) is 183 Å². The highest BCUT2D eigenvalue weighted by molar-refractivity contribution is 4.82. The van der Waals surface area contributed by atoms with E-state index in [2.05, 4.69) is 68.6 Å². The first-order valence-electron chi connectivity index (χ1n) is 28.1. The van der Waals surface area contributed by atoms with Crippen LogP contribution in [0.25, 0.3) is 0 Å². The smallest absolute Gasteiger partial charge is 0.0429 e. The van der Waals surface area contributed by atoms with E-state index in [0.29, 0.717) is 6.67 Å². The average molecular weight is 936 g/mol. The summed E-state index contributed by atoms with van der Waals surface area (Å²) in [5, 5.41) is 27.6. The van der Waals surface area contributed by atoms with Crippen molar-refractivity contribution in [3.05, 3.63) is 0 Å². The Bertz CT molecular complexity index is 1080. The molecule has 4 saturated carbocycles. The number of rotatable bonds is 49. The summed E-state index contributed by atoms with van der Waals surface area (Å²) in [5.41, 5.74) is 11.9. The molecule has 0 heterocycles. The van der Waals surface area contributed by atoms with Crippen molar-refractivity contribution in [2.24, 2.45) is 17.3 Å². The monoisotopic (exact) mass is 935 g/mol. The lowest BCUT2D eigenvalue weighted by atomic mass is 9.91. The lowest BCUT2D eigenvalue weighted by Crippen LogP contribution is -2.47. The standard InChI is InChI=1S/C50H110N16/c1-2-3-30-62(35-28-59-48-13-8-14-48)41-43-64(36-29-60-49-15-9-16-49)42-40-61(33-19-51)31-5-4-6-32-63(34-24-56-25-37-65(38-26-57-46-52)50-17-10-18-50)44-45-66(53)39-27-55-21-20-54-22-23-58-47-11-7-12-47/h47-50,54-60H,2-46,51-53H2,1H3. The SMILES string of the molecule is CCCCN(CCNC1CCC1)CCN(CCNC1CCC1)CCN(CCN)CCCCCN(CCNCCN(CCNCN)C1CCC1)CCN(N)CCNCCNCCNC1CCC1. The first-order chi connectivity index (χ1) is 32.6. The fraction of sp³-hybridized carbons (Fsp3) is 1.00. The van der Waals surface area contributed by atoms with E-state index in [9.17, 15) is 0 Å². The fourth-order valence-electron chi connectivity index (χ4n) is 9.54. The van der Waals surface area contributed by atoms with Crippen molar-refractivity contribution in [2.45, 2.75) is 140 Å². The molecule has 4 rings (SSSR count). The third-order valence-corrected chi connectivity index (χ3v) is 15.2. The second-order valence-electron chi connectivity index (χ2n) is 20.4. The molecule has 0 radical (unpaired) electrons. The molecule has 0 spiro atoms. The second kappa shape index (κ2) is 39.0. The summed E-state index contributed by atoms with van der Waals surface area (Å²) in [6.07, 6.45) is 22.6. The minimum Gasteiger partial charge on any atom is -0.329 e. The van der Waals surface area contributed by atoms with Gasteiger partial charge in [-0.1, -0.05) is 45.4 Å². The third kappa shape index (κ3) is 27.7. The highest BCUT2D eigenvalue weighted by atomic mass is 15.4. The summed E-state index contributed by atoms with van der Waals surface area (Å²) in [4.78, 5) is 13.4. The van der Waals surface area contributed by atoms with Crippen molar-refractivity contribution in [1.29, 1.82) is 0 Å². The van der Waals surface area contributed by atoms with Gasteiger partial charge in [-0.2, -0.15) is 0 Å². The lowest BCUT2D eigenvalue weighted by molar-refractivity contribution is 0.128. The highest BCUT2D eigenvalue weighted by Gasteiger charge is 2.24. The van der Waals surface area contributed by atoms with Crippen LogP contribution in [0.1, 0.15) is 116 Å². The van der Waals surface area contributed by atoms with Crippen LogP contribution in [-0.4, -0.2) is 237 Å². The number of nitrogens with zero attached hydrogens (tertiary/aromatic N) is 6. The topological polar surface area (TPSA) is 182 Å². The molecule has 16 heteroatoms. The molecule has 0 aromatic heterocycles. The van der Waals surface area contributed by atoms with Gasteiger partial charge in [-0.3, -0.25) is 15.6 Å². The molecule has 390 valence electrons. The Labute approximate surface area is 406 Å². The van der Waals surface area contributed by atoms with Crippen molar-refractivity contribution in [1.82, 2.24) is 66.7 Å². The van der Waals surface area contributed by atoms with Gasteiger partial charge >= 0.3 is 0 Å². The summed E-state index contributed by atoms with van der Waals surface area (Å²) in [6, 6.07) is 3.04. The number of hydrazine groups is 1. The summed E-state index contributed by atoms with van der Waals surface area (Å²) in [6.45, 7) is 31.2. The van der Waals surface area contributed by atoms with Gasteiger partial charge in [0.05, 0.1) is 0 Å². The average Bonchev–Trinajstić information content (AvgIpc) is 3.25. The zero-order chi connectivity index (χ0) is 46.5. The zero-order valence-electron chi connectivity index (χ0n) is 43.0. The maximum Gasteiger partial charge on any atom is 0.0429 e. The molecule has 0 aromatic rings. The quantitative estimate of drug-likeness (QED) is 0.0180. The Morgan fingerprint density at radius 3 is 1.32 bits per heavy atom. The van der Waals surface area contributed by atoms with E-state index in [4.69, 9.17) is 17.3 Å². The first kappa shape index (κ1) is 57.9. The van der Waals surface area contributed by atoms with Crippen LogP contribution < -0.4 is 54.5 Å². The van der Waals surface area contributed by atoms with Crippen LogP contribution in [0.5, 0.6) is 0 Å². The molecule has 4 aliphatic rings. The Morgan fingerprint density at radius 2 is 0.803 bits per heavy atom. The lowest BCUT2D eigenvalue weighted by Gasteiger charge is -2.37. The number of nitrogens with one attached hydrogen (secondary N) is 7. The molecule has 66 heavy (non-hydrogen) atoms. The van der Waals surface area contributed by atoms with E-state index in [1.165, 1.54) is 129 Å². The molecule has 4 aliphatic carbocycles. The predicted molar refractivity (Wildman–Crippen MR) is 281 cm³/mol. The molecule has 0 amide bonds. The Morgan fingerprint density at radius 1 is 0.379 bits per heavy atom. The normalized spacial score (nSPS) is 17.5. The first-order valence-corrected chi connectivity index (χ1v) is 28.1. The van der Waals surface area contributed by atoms with Crippen molar-refractivity contribution >= 4 is 0 Å². The summed E-state index contributed by atoms with van der Waals surface area (Å²) in [7, 11) is 0. The van der Waals surface area contributed by atoms with E-state index < -0.39 is 0 Å². The van der Waals surface area contributed by atoms with Gasteiger partial charge in [0.2, 0.25) is 0 Å². The minimum absolute atomic E-state index is 0.555. The van der Waals surface area contributed by atoms with Crippen molar-refractivity contribution in [3.63, 3.8) is 0 Å². The molecular weight excluding hydrogens is 825 g/mol. The summed E-state index contributed by atoms with van der Waals surface area (Å²) < 4.78 is 0. The van der Waals surface area contributed by atoms with Crippen LogP contribution in [0.4, 0.5) is 0 Å². The summed E-state index contributed by atoms with van der Waals surface area (Å²) in [5.74, 6) is 6.56. The van der Waals surface area contributed by atoms with Crippen LogP contribution in [0.2, 0.25) is 0 Å². The minimum atomic E-state index is 0.555. The molecule has 16 nitrogen and oxygen atoms in total. The number of hydrogen-bond acceptors (Lipinski definition) is 16. The molecule has 0 atom stereocenters. The van der Waals surface area contributed by atoms with Crippen molar-refractivity contribution < 1.29 is 0 Å². The molecule has 0 unspecified atom stereocenters. The Hall–Kier alpha value is -0.640. The molecule has 0 saturated heterocycles. The number of hydrogen-bond donors (Lipinski definition) is 10. The fourth-order valence-corrected chi connectivity index (χ4v) is 9.54. The van der Waals surface area contributed by atoms with Gasteiger partial charge in [-0.25, -0.2) is 5.01 Å². The van der Waals surface area contributed by atoms with Crippen LogP contribution in [0.15, 0.2) is 0 Å². The Balaban J connectivity index is 1.15. The van der Waals surface area contributed by atoms with E-state index in [1.54, 1.807) is 0 Å². The van der Waals surface area contributed by atoms with Gasteiger partial charge in [0.1, 0.15) is 0 Å². The van der Waals surface area contributed by atoms with Crippen molar-refractivity contribution in [3.8, 4) is 0 Å². The van der Waals surface area contributed by atoms with Gasteiger partial charge in [-0.15, -0.1) is 0 Å². The van der Waals surface area contributed by atoms with E-state index in [-0.39, 0.29) is 0 Å². The van der Waals surface area contributed by atoms with E-state index >= 15 is 0 Å². The molecule has 0 aliphatic heterocycles. The van der Waals surface area contributed by atoms with Crippen LogP contribution in [0, 0.1) is 0 Å². The van der Waals surface area contributed by atoms with Crippen LogP contribution in [0.3, 0.4) is 0 Å². The van der Waals surface area contributed by atoms with Gasteiger partial charge in [0, 0.05) is 188 Å². The third-order valence-electron chi connectivity index (χ3n) is 15.2. The largest absolute Gasteiger partial charge is 0.329 e. The second-order valence-corrected chi connectivity index (χ2v) is 20.4. The van der Waals surface area contributed by atoms with Gasteiger partial charge in [-0.05, 0) is 90.3 Å². The zero-order valence-corrected chi connectivity index (χ0v) is 43.0. The number of unbranched alkanes of at least 4 members (excludes halogenated alkanes) is 3. The maximum absolute atomic E-state index is 6.56. The summed E-state index contributed by atoms with van der Waals surface area (Å²) >= 11 is 0. The van der Waals surface area contributed by atoms with E-state index in [1.807, 2.05) is 5.01 Å². The van der Waals surface area contributed by atoms with Gasteiger partial charge < -0.3 is 63.4 Å². The Kier molecular flexibility index (Phi) is 34.3.